The van der Waals surface area contributed by atoms with Crippen molar-refractivity contribution >= 4 is 17.3 Å². The van der Waals surface area contributed by atoms with Crippen molar-refractivity contribution in [2.24, 2.45) is 0 Å². The summed E-state index contributed by atoms with van der Waals surface area (Å²) in [6, 6.07) is 0. The smallest absolute Gasteiger partial charge is 0.312 e. The topological polar surface area (TPSA) is 53.4 Å². The Balaban J connectivity index is 2.06. The van der Waals surface area contributed by atoms with Gasteiger partial charge in [-0.05, 0) is 32.4 Å². The van der Waals surface area contributed by atoms with E-state index in [0.29, 0.717) is 0 Å². The number of nitrogens with zero attached hydrogens (tertiary/aromatic N) is 2. The number of thiazole rings is 1. The lowest BCUT2D eigenvalue weighted by Gasteiger charge is -2.16. The second-order valence-corrected chi connectivity index (χ2v) is 6.14. The molecule has 1 aromatic heterocycles. The average molecular weight is 282 g/mol. The van der Waals surface area contributed by atoms with Crippen molar-refractivity contribution < 1.29 is 9.90 Å². The number of carboxylic acids is 1. The minimum Gasteiger partial charge on any atom is -0.481 e. The molecule has 0 aliphatic heterocycles. The van der Waals surface area contributed by atoms with Gasteiger partial charge in [0.2, 0.25) is 0 Å². The maximum absolute atomic E-state index is 11.2. The van der Waals surface area contributed by atoms with Crippen LogP contribution in [0.25, 0.3) is 0 Å². The molecule has 1 aliphatic carbocycles. The number of hydrogen-bond acceptors (Lipinski definition) is 4. The van der Waals surface area contributed by atoms with Crippen molar-refractivity contribution in [1.29, 1.82) is 0 Å². The molecular formula is C14H22N2O2S. The van der Waals surface area contributed by atoms with Crippen molar-refractivity contribution in [3.63, 3.8) is 0 Å². The fourth-order valence-electron chi connectivity index (χ4n) is 2.61. The summed E-state index contributed by atoms with van der Waals surface area (Å²) in [6.45, 7) is 7.45. The standard InChI is InChI=1S/C14H22N2O2S/c1-3-16(4-2)9-8-12-15-13-10(14(17)18)6-5-7-11(13)19-12/h10H,3-9H2,1-2H3,(H,17,18). The van der Waals surface area contributed by atoms with Gasteiger partial charge in [-0.2, -0.15) is 0 Å². The Kier molecular flexibility index (Phi) is 4.93. The number of rotatable bonds is 6. The first kappa shape index (κ1) is 14.5. The third-order valence-electron chi connectivity index (χ3n) is 3.83. The van der Waals surface area contributed by atoms with Crippen molar-refractivity contribution in [3.05, 3.63) is 15.6 Å². The van der Waals surface area contributed by atoms with E-state index in [0.717, 1.165) is 56.0 Å². The number of aromatic nitrogens is 1. The van der Waals surface area contributed by atoms with Crippen LogP contribution in [0.3, 0.4) is 0 Å². The molecule has 0 saturated heterocycles. The highest BCUT2D eigenvalue weighted by molar-refractivity contribution is 7.11. The number of carbonyl (C=O) groups is 1. The van der Waals surface area contributed by atoms with E-state index in [1.54, 1.807) is 11.3 Å². The quantitative estimate of drug-likeness (QED) is 0.871. The highest BCUT2D eigenvalue weighted by atomic mass is 32.1. The van der Waals surface area contributed by atoms with E-state index in [-0.39, 0.29) is 5.92 Å². The van der Waals surface area contributed by atoms with Crippen LogP contribution in [0, 0.1) is 0 Å². The van der Waals surface area contributed by atoms with E-state index in [9.17, 15) is 9.90 Å². The number of aliphatic carboxylic acids is 1. The first-order valence-electron chi connectivity index (χ1n) is 7.09. The summed E-state index contributed by atoms with van der Waals surface area (Å²) in [7, 11) is 0. The molecule has 1 N–H and O–H groups in total. The van der Waals surface area contributed by atoms with Crippen LogP contribution in [-0.2, 0) is 17.6 Å². The molecule has 1 unspecified atom stereocenters. The van der Waals surface area contributed by atoms with Gasteiger partial charge in [-0.15, -0.1) is 11.3 Å². The largest absolute Gasteiger partial charge is 0.481 e. The van der Waals surface area contributed by atoms with Crippen molar-refractivity contribution in [3.8, 4) is 0 Å². The van der Waals surface area contributed by atoms with Gasteiger partial charge >= 0.3 is 5.97 Å². The van der Waals surface area contributed by atoms with Gasteiger partial charge in [-0.25, -0.2) is 4.98 Å². The third kappa shape index (κ3) is 3.34. The van der Waals surface area contributed by atoms with Gasteiger partial charge in [0.05, 0.1) is 16.6 Å². The monoisotopic (exact) mass is 282 g/mol. The summed E-state index contributed by atoms with van der Waals surface area (Å²) in [5.74, 6) is -1.09. The molecule has 0 amide bonds. The van der Waals surface area contributed by atoms with E-state index in [4.69, 9.17) is 0 Å². The molecular weight excluding hydrogens is 260 g/mol. The number of fused-ring (bicyclic) bond motifs is 1. The Morgan fingerprint density at radius 1 is 1.47 bits per heavy atom. The summed E-state index contributed by atoms with van der Waals surface area (Å²) in [6.07, 6.45) is 3.65. The van der Waals surface area contributed by atoms with Gasteiger partial charge in [-0.3, -0.25) is 4.79 Å². The van der Waals surface area contributed by atoms with Gasteiger partial charge in [0.1, 0.15) is 0 Å². The van der Waals surface area contributed by atoms with Crippen molar-refractivity contribution in [2.75, 3.05) is 19.6 Å². The van der Waals surface area contributed by atoms with Gasteiger partial charge in [-0.1, -0.05) is 13.8 Å². The molecule has 0 bridgehead atoms. The number of likely N-dealkylation sites (N-methyl/N-ethyl adjacent to an activating group) is 1. The highest BCUT2D eigenvalue weighted by Crippen LogP contribution is 2.35. The first-order valence-corrected chi connectivity index (χ1v) is 7.91. The SMILES string of the molecule is CCN(CC)CCc1nc2c(s1)CCCC2C(=O)O. The molecule has 5 heteroatoms. The Labute approximate surface area is 118 Å². The lowest BCUT2D eigenvalue weighted by Crippen LogP contribution is -2.25. The molecule has 0 aromatic carbocycles. The van der Waals surface area contributed by atoms with Crippen LogP contribution >= 0.6 is 11.3 Å². The Morgan fingerprint density at radius 2 is 2.21 bits per heavy atom. The molecule has 106 valence electrons. The maximum atomic E-state index is 11.2. The molecule has 0 spiro atoms. The lowest BCUT2D eigenvalue weighted by atomic mass is 9.91. The van der Waals surface area contributed by atoms with Crippen LogP contribution in [-0.4, -0.2) is 40.6 Å². The van der Waals surface area contributed by atoms with Gasteiger partial charge in [0, 0.05) is 17.8 Å². The second-order valence-electron chi connectivity index (χ2n) is 4.98. The minimum absolute atomic E-state index is 0.373. The summed E-state index contributed by atoms with van der Waals surface area (Å²) in [5, 5.41) is 10.3. The van der Waals surface area contributed by atoms with Crippen LogP contribution in [0.2, 0.25) is 0 Å². The van der Waals surface area contributed by atoms with Crippen LogP contribution in [0.15, 0.2) is 0 Å². The molecule has 0 radical (unpaired) electrons. The van der Waals surface area contributed by atoms with E-state index in [2.05, 4.69) is 23.7 Å². The molecule has 0 fully saturated rings. The predicted octanol–water partition coefficient (Wildman–Crippen LogP) is 2.53. The fourth-order valence-corrected chi connectivity index (χ4v) is 3.77. The van der Waals surface area contributed by atoms with E-state index < -0.39 is 5.97 Å². The Morgan fingerprint density at radius 3 is 2.84 bits per heavy atom. The van der Waals surface area contributed by atoms with Crippen molar-refractivity contribution in [1.82, 2.24) is 9.88 Å². The summed E-state index contributed by atoms with van der Waals surface area (Å²) < 4.78 is 0. The van der Waals surface area contributed by atoms with Crippen LogP contribution < -0.4 is 0 Å². The van der Waals surface area contributed by atoms with Crippen LogP contribution in [0.1, 0.15) is 48.2 Å². The first-order chi connectivity index (χ1) is 9.15. The normalized spacial score (nSPS) is 18.6. The average Bonchev–Trinajstić information content (AvgIpc) is 2.82. The summed E-state index contributed by atoms with van der Waals surface area (Å²) in [5.41, 5.74) is 0.846. The van der Waals surface area contributed by atoms with E-state index in [1.165, 1.54) is 4.88 Å². The summed E-state index contributed by atoms with van der Waals surface area (Å²) in [4.78, 5) is 19.4. The maximum Gasteiger partial charge on any atom is 0.312 e. The molecule has 2 rings (SSSR count). The van der Waals surface area contributed by atoms with Crippen LogP contribution in [0.5, 0.6) is 0 Å². The lowest BCUT2D eigenvalue weighted by molar-refractivity contribution is -0.139. The Bertz CT molecular complexity index is 441. The van der Waals surface area contributed by atoms with Crippen molar-refractivity contribution in [2.45, 2.75) is 45.4 Å². The van der Waals surface area contributed by atoms with E-state index >= 15 is 0 Å². The fraction of sp³-hybridized carbons (Fsp3) is 0.714. The van der Waals surface area contributed by atoms with Gasteiger partial charge in [0.25, 0.3) is 0 Å². The molecule has 1 heterocycles. The van der Waals surface area contributed by atoms with Gasteiger partial charge < -0.3 is 10.0 Å². The zero-order valence-corrected chi connectivity index (χ0v) is 12.5. The molecule has 4 nitrogen and oxygen atoms in total. The molecule has 1 aromatic rings. The van der Waals surface area contributed by atoms with E-state index in [1.807, 2.05) is 0 Å². The van der Waals surface area contributed by atoms with Crippen LogP contribution in [0.4, 0.5) is 0 Å². The minimum atomic E-state index is -0.721. The highest BCUT2D eigenvalue weighted by Gasteiger charge is 2.29. The Hall–Kier alpha value is -0.940. The number of aryl methyl sites for hydroxylation is 1. The zero-order valence-electron chi connectivity index (χ0n) is 11.7. The number of carboxylic acid groups (broad SMARTS) is 1. The second kappa shape index (κ2) is 6.48. The van der Waals surface area contributed by atoms with Gasteiger partial charge in [0.15, 0.2) is 0 Å². The zero-order chi connectivity index (χ0) is 13.8. The number of hydrogen-bond donors (Lipinski definition) is 1. The molecule has 1 aliphatic rings. The molecule has 19 heavy (non-hydrogen) atoms. The third-order valence-corrected chi connectivity index (χ3v) is 5.02. The molecule has 1 atom stereocenters. The molecule has 0 saturated carbocycles. The predicted molar refractivity (Wildman–Crippen MR) is 76.9 cm³/mol. The summed E-state index contributed by atoms with van der Waals surface area (Å²) >= 11 is 1.72.